The van der Waals surface area contributed by atoms with Crippen molar-refractivity contribution >= 4 is 12.0 Å². The minimum absolute atomic E-state index is 0.125. The number of nitrogens with zero attached hydrogens (tertiary/aromatic N) is 2. The van der Waals surface area contributed by atoms with Crippen LogP contribution in [-0.2, 0) is 14.3 Å². The normalized spacial score (nSPS) is 27.4. The summed E-state index contributed by atoms with van der Waals surface area (Å²) in [6.07, 6.45) is -0.494. The fraction of sp³-hybridized carbons (Fsp3) is 0.833. The van der Waals surface area contributed by atoms with Gasteiger partial charge in [0.05, 0.1) is 51.5 Å². The Morgan fingerprint density at radius 2 is 2.05 bits per heavy atom. The number of aliphatic carboxylic acids is 1. The number of rotatable bonds is 3. The van der Waals surface area contributed by atoms with Crippen LogP contribution in [0.2, 0.25) is 0 Å². The molecule has 0 aliphatic carbocycles. The number of carbonyl (C=O) groups excluding carboxylic acids is 1. The molecule has 2 heterocycles. The third-order valence-corrected chi connectivity index (χ3v) is 3.50. The minimum atomic E-state index is -0.950. The maximum absolute atomic E-state index is 12.5. The first-order valence-electron chi connectivity index (χ1n) is 6.69. The van der Waals surface area contributed by atoms with Crippen LogP contribution in [0, 0.1) is 0 Å². The van der Waals surface area contributed by atoms with E-state index in [-0.39, 0.29) is 31.8 Å². The van der Waals surface area contributed by atoms with Crippen LogP contribution in [0.1, 0.15) is 6.42 Å². The summed E-state index contributed by atoms with van der Waals surface area (Å²) in [4.78, 5) is 26.5. The van der Waals surface area contributed by atoms with Crippen LogP contribution in [0.5, 0.6) is 0 Å². The van der Waals surface area contributed by atoms with Gasteiger partial charge < -0.3 is 29.5 Å². The fourth-order valence-electron chi connectivity index (χ4n) is 2.46. The monoisotopic (exact) mass is 288 g/mol. The molecule has 0 bridgehead atoms. The zero-order valence-corrected chi connectivity index (χ0v) is 11.2. The van der Waals surface area contributed by atoms with Crippen LogP contribution in [0.3, 0.4) is 0 Å². The van der Waals surface area contributed by atoms with Crippen LogP contribution >= 0.6 is 0 Å². The molecule has 0 aromatic heterocycles. The number of aliphatic hydroxyl groups is 1. The molecule has 0 spiro atoms. The van der Waals surface area contributed by atoms with E-state index in [1.807, 2.05) is 0 Å². The molecule has 0 aromatic rings. The molecule has 2 unspecified atom stereocenters. The summed E-state index contributed by atoms with van der Waals surface area (Å²) in [5, 5.41) is 18.0. The highest BCUT2D eigenvalue weighted by Gasteiger charge is 2.34. The molecule has 0 aromatic carbocycles. The Morgan fingerprint density at radius 1 is 1.25 bits per heavy atom. The fourth-order valence-corrected chi connectivity index (χ4v) is 2.46. The second kappa shape index (κ2) is 6.87. The quantitative estimate of drug-likeness (QED) is 0.689. The van der Waals surface area contributed by atoms with Gasteiger partial charge in [-0.2, -0.15) is 0 Å². The second-order valence-electron chi connectivity index (χ2n) is 4.92. The van der Waals surface area contributed by atoms with Gasteiger partial charge in [0, 0.05) is 13.1 Å². The molecule has 8 heteroatoms. The lowest BCUT2D eigenvalue weighted by Gasteiger charge is -2.40. The van der Waals surface area contributed by atoms with Crippen LogP contribution < -0.4 is 0 Å². The topological polar surface area (TPSA) is 99.5 Å². The van der Waals surface area contributed by atoms with Crippen molar-refractivity contribution in [1.82, 2.24) is 9.80 Å². The van der Waals surface area contributed by atoms with Gasteiger partial charge in [0.2, 0.25) is 0 Å². The average Bonchev–Trinajstić information content (AvgIpc) is 2.46. The molecule has 2 fully saturated rings. The predicted molar refractivity (Wildman–Crippen MR) is 67.4 cm³/mol. The van der Waals surface area contributed by atoms with Crippen LogP contribution in [0.4, 0.5) is 4.79 Å². The van der Waals surface area contributed by atoms with Gasteiger partial charge in [0.15, 0.2) is 0 Å². The predicted octanol–water partition coefficient (Wildman–Crippen LogP) is -1.02. The van der Waals surface area contributed by atoms with Crippen molar-refractivity contribution in [2.45, 2.75) is 18.6 Å². The molecule has 20 heavy (non-hydrogen) atoms. The molecular weight excluding hydrogens is 268 g/mol. The van der Waals surface area contributed by atoms with Crippen molar-refractivity contribution in [2.24, 2.45) is 0 Å². The molecule has 2 saturated heterocycles. The standard InChI is InChI=1S/C12H20N2O6/c15-7-10-6-13(1-4-20-10)12(18)14-2-3-19-8-9(14)5-11(16)17/h9-10,15H,1-8H2,(H,16,17). The Bertz CT molecular complexity index is 364. The number of carboxylic acids is 1. The summed E-state index contributed by atoms with van der Waals surface area (Å²) in [6.45, 7) is 2.06. The van der Waals surface area contributed by atoms with Crippen molar-refractivity contribution in [3.63, 3.8) is 0 Å². The number of amides is 2. The summed E-state index contributed by atoms with van der Waals surface area (Å²) in [6, 6.07) is -0.648. The first-order valence-corrected chi connectivity index (χ1v) is 6.69. The molecule has 2 amide bonds. The zero-order chi connectivity index (χ0) is 14.5. The van der Waals surface area contributed by atoms with Crippen molar-refractivity contribution in [2.75, 3.05) is 46.1 Å². The molecule has 8 nitrogen and oxygen atoms in total. The van der Waals surface area contributed by atoms with E-state index in [9.17, 15) is 9.59 Å². The summed E-state index contributed by atoms with van der Waals surface area (Å²) in [5.74, 6) is -0.950. The van der Waals surface area contributed by atoms with Gasteiger partial charge >= 0.3 is 12.0 Å². The second-order valence-corrected chi connectivity index (χ2v) is 4.92. The number of hydrogen-bond donors (Lipinski definition) is 2. The molecule has 114 valence electrons. The lowest BCUT2D eigenvalue weighted by molar-refractivity contribution is -0.139. The van der Waals surface area contributed by atoms with E-state index in [1.165, 1.54) is 0 Å². The van der Waals surface area contributed by atoms with Gasteiger partial charge in [-0.05, 0) is 0 Å². The molecule has 2 aliphatic rings. The third kappa shape index (κ3) is 3.59. The van der Waals surface area contributed by atoms with Gasteiger partial charge in [-0.25, -0.2) is 4.79 Å². The van der Waals surface area contributed by atoms with E-state index in [0.717, 1.165) is 0 Å². The van der Waals surface area contributed by atoms with E-state index in [0.29, 0.717) is 32.8 Å². The minimum Gasteiger partial charge on any atom is -0.481 e. The molecule has 2 N–H and O–H groups in total. The van der Waals surface area contributed by atoms with Gasteiger partial charge in [-0.15, -0.1) is 0 Å². The summed E-state index contributed by atoms with van der Waals surface area (Å²) >= 11 is 0. The summed E-state index contributed by atoms with van der Waals surface area (Å²) in [7, 11) is 0. The Kier molecular flexibility index (Phi) is 5.16. The van der Waals surface area contributed by atoms with Gasteiger partial charge in [0.25, 0.3) is 0 Å². The maximum atomic E-state index is 12.5. The highest BCUT2D eigenvalue weighted by atomic mass is 16.5. The number of morpholine rings is 2. The molecule has 2 rings (SSSR count). The highest BCUT2D eigenvalue weighted by Crippen LogP contribution is 2.15. The largest absolute Gasteiger partial charge is 0.481 e. The Morgan fingerprint density at radius 3 is 2.75 bits per heavy atom. The van der Waals surface area contributed by atoms with Crippen LogP contribution in [0.15, 0.2) is 0 Å². The van der Waals surface area contributed by atoms with Gasteiger partial charge in [-0.3, -0.25) is 4.79 Å². The third-order valence-electron chi connectivity index (χ3n) is 3.50. The van der Waals surface area contributed by atoms with Crippen LogP contribution in [-0.4, -0.2) is 90.2 Å². The maximum Gasteiger partial charge on any atom is 0.320 e. The van der Waals surface area contributed by atoms with E-state index in [1.54, 1.807) is 9.80 Å². The summed E-state index contributed by atoms with van der Waals surface area (Å²) < 4.78 is 10.6. The highest BCUT2D eigenvalue weighted by molar-refractivity contribution is 5.76. The number of hydrogen-bond acceptors (Lipinski definition) is 5. The van der Waals surface area contributed by atoms with E-state index in [2.05, 4.69) is 0 Å². The Balaban J connectivity index is 1.99. The number of aliphatic hydroxyl groups excluding tert-OH is 1. The lowest BCUT2D eigenvalue weighted by atomic mass is 10.1. The molecular formula is C12H20N2O6. The SMILES string of the molecule is O=C(O)CC1COCCN1C(=O)N1CCOC(CO)C1. The van der Waals surface area contributed by atoms with Crippen molar-refractivity contribution in [3.05, 3.63) is 0 Å². The van der Waals surface area contributed by atoms with Crippen molar-refractivity contribution in [1.29, 1.82) is 0 Å². The molecule has 0 radical (unpaired) electrons. The summed E-state index contributed by atoms with van der Waals surface area (Å²) in [5.41, 5.74) is 0. The van der Waals surface area contributed by atoms with E-state index < -0.39 is 12.0 Å². The van der Waals surface area contributed by atoms with Crippen molar-refractivity contribution < 1.29 is 29.3 Å². The zero-order valence-electron chi connectivity index (χ0n) is 11.2. The number of urea groups is 1. The molecule has 2 atom stereocenters. The lowest BCUT2D eigenvalue weighted by Crippen LogP contribution is -2.57. The van der Waals surface area contributed by atoms with E-state index >= 15 is 0 Å². The average molecular weight is 288 g/mol. The number of carbonyl (C=O) groups is 2. The van der Waals surface area contributed by atoms with Crippen LogP contribution in [0.25, 0.3) is 0 Å². The first kappa shape index (κ1) is 15.0. The number of carboxylic acid groups (broad SMARTS) is 1. The Hall–Kier alpha value is -1.38. The van der Waals surface area contributed by atoms with Crippen molar-refractivity contribution in [3.8, 4) is 0 Å². The smallest absolute Gasteiger partial charge is 0.320 e. The molecule has 2 aliphatic heterocycles. The first-order chi connectivity index (χ1) is 9.61. The number of ether oxygens (including phenoxy) is 2. The van der Waals surface area contributed by atoms with Gasteiger partial charge in [-0.1, -0.05) is 0 Å². The van der Waals surface area contributed by atoms with Gasteiger partial charge in [0.1, 0.15) is 0 Å². The molecule has 0 saturated carbocycles. The van der Waals surface area contributed by atoms with E-state index in [4.69, 9.17) is 19.7 Å². The Labute approximate surface area is 116 Å².